The third kappa shape index (κ3) is 9.64. The van der Waals surface area contributed by atoms with Gasteiger partial charge >= 0.3 is 15.2 Å². The first kappa shape index (κ1) is 34.2. The monoisotopic (exact) mass is 652 g/mol. The molecule has 0 fully saturated rings. The Labute approximate surface area is 266 Å². The van der Waals surface area contributed by atoms with Crippen LogP contribution < -0.4 is 23.0 Å². The van der Waals surface area contributed by atoms with Crippen LogP contribution in [0, 0.1) is 0 Å². The molecule has 240 valence electrons. The van der Waals surface area contributed by atoms with Gasteiger partial charge in [-0.1, -0.05) is 96.1 Å². The van der Waals surface area contributed by atoms with E-state index in [2.05, 4.69) is 0 Å². The van der Waals surface area contributed by atoms with Gasteiger partial charge in [-0.15, -0.1) is 0 Å². The Morgan fingerprint density at radius 1 is 0.511 bits per heavy atom. The second-order valence-corrected chi connectivity index (χ2v) is 16.4. The molecule has 1 unspecified atom stereocenters. The first-order valence-corrected chi connectivity index (χ1v) is 18.1. The van der Waals surface area contributed by atoms with Crippen molar-refractivity contribution in [1.82, 2.24) is 0 Å². The molecule has 0 radical (unpaired) electrons. The molecule has 0 amide bonds. The lowest BCUT2D eigenvalue weighted by Gasteiger charge is -2.30. The van der Waals surface area contributed by atoms with Crippen LogP contribution in [-0.4, -0.2) is 19.8 Å². The van der Waals surface area contributed by atoms with E-state index in [-0.39, 0.29) is 12.7 Å². The summed E-state index contributed by atoms with van der Waals surface area (Å²) in [5.74, 6) is 2.23. The average Bonchev–Trinajstić information content (AvgIpc) is 2.99. The molecule has 45 heavy (non-hydrogen) atoms. The molecule has 0 aliphatic rings. The standard InChI is InChI=1S/C35H42O8P2/c1-34(2,3)30-24-33(40-26-45(37,42-28-19-13-9-14-20-28)43-29-21-15-10-16-22-29)31(35(4,5)6)23-32(30)39-25-44(36,38-7)41-27-17-11-8-12-18-27/h8-24H,25-26H2,1-7H3. The van der Waals surface area contributed by atoms with Gasteiger partial charge in [0.15, 0.2) is 0 Å². The fraction of sp³-hybridized carbons (Fsp3) is 0.314. The van der Waals surface area contributed by atoms with E-state index in [4.69, 9.17) is 27.6 Å². The van der Waals surface area contributed by atoms with Crippen molar-refractivity contribution in [3.63, 3.8) is 0 Å². The van der Waals surface area contributed by atoms with E-state index in [1.807, 2.05) is 71.9 Å². The molecule has 4 aromatic carbocycles. The van der Waals surface area contributed by atoms with Gasteiger partial charge in [-0.25, -0.2) is 9.13 Å². The molecule has 8 nitrogen and oxygen atoms in total. The third-order valence-corrected chi connectivity index (χ3v) is 9.61. The van der Waals surface area contributed by atoms with E-state index in [0.29, 0.717) is 28.7 Å². The molecule has 1 atom stereocenters. The predicted octanol–water partition coefficient (Wildman–Crippen LogP) is 10.2. The van der Waals surface area contributed by atoms with Crippen LogP contribution in [0.1, 0.15) is 52.7 Å². The lowest BCUT2D eigenvalue weighted by atomic mass is 9.81. The molecule has 0 aliphatic heterocycles. The topological polar surface area (TPSA) is 89.5 Å². The summed E-state index contributed by atoms with van der Waals surface area (Å²) in [5, 5.41) is 0. The Balaban J connectivity index is 1.67. The number of benzene rings is 4. The molecule has 0 saturated carbocycles. The van der Waals surface area contributed by atoms with Crippen LogP contribution >= 0.6 is 15.2 Å². The Bertz CT molecular complexity index is 1580. The summed E-state index contributed by atoms with van der Waals surface area (Å²) in [6, 6.07) is 30.3. The van der Waals surface area contributed by atoms with Gasteiger partial charge in [-0.3, -0.25) is 0 Å². The lowest BCUT2D eigenvalue weighted by Crippen LogP contribution is -2.20. The van der Waals surface area contributed by atoms with E-state index in [9.17, 15) is 9.13 Å². The van der Waals surface area contributed by atoms with E-state index in [1.165, 1.54) is 7.11 Å². The van der Waals surface area contributed by atoms with Crippen LogP contribution in [0.3, 0.4) is 0 Å². The van der Waals surface area contributed by atoms with Gasteiger partial charge in [0.2, 0.25) is 12.7 Å². The SMILES string of the molecule is COP(=O)(COc1cc(C(C)(C)C)c(OCP(=O)(Oc2ccccc2)Oc2ccccc2)cc1C(C)(C)C)Oc1ccccc1. The highest BCUT2D eigenvalue weighted by molar-refractivity contribution is 7.54. The number of rotatable bonds is 13. The van der Waals surface area contributed by atoms with E-state index >= 15 is 0 Å². The second kappa shape index (κ2) is 14.2. The maximum atomic E-state index is 14.2. The number of hydrogen-bond donors (Lipinski definition) is 0. The molecule has 0 N–H and O–H groups in total. The summed E-state index contributed by atoms with van der Waals surface area (Å²) in [6.45, 7) is 12.2. The van der Waals surface area contributed by atoms with Crippen molar-refractivity contribution >= 4 is 15.2 Å². The zero-order valence-electron chi connectivity index (χ0n) is 26.9. The van der Waals surface area contributed by atoms with E-state index in [0.717, 1.165) is 11.1 Å². The molecular weight excluding hydrogens is 610 g/mol. The number of ether oxygens (including phenoxy) is 2. The number of hydrogen-bond acceptors (Lipinski definition) is 8. The first-order valence-electron chi connectivity index (χ1n) is 14.6. The molecular formula is C35H42O8P2. The van der Waals surface area contributed by atoms with Crippen LogP contribution in [0.4, 0.5) is 0 Å². The van der Waals surface area contributed by atoms with Crippen molar-refractivity contribution in [2.75, 3.05) is 19.8 Å². The molecule has 4 aromatic rings. The molecule has 0 saturated heterocycles. The lowest BCUT2D eigenvalue weighted by molar-refractivity contribution is 0.270. The highest BCUT2D eigenvalue weighted by Gasteiger charge is 2.34. The minimum absolute atomic E-state index is 0.309. The molecule has 0 heterocycles. The van der Waals surface area contributed by atoms with Crippen molar-refractivity contribution in [1.29, 1.82) is 0 Å². The smallest absolute Gasteiger partial charge is 0.468 e. The van der Waals surface area contributed by atoms with Crippen molar-refractivity contribution < 1.29 is 36.7 Å². The Hall–Kier alpha value is -3.70. The van der Waals surface area contributed by atoms with Crippen molar-refractivity contribution in [2.24, 2.45) is 0 Å². The summed E-state index contributed by atoms with van der Waals surface area (Å²) in [4.78, 5) is 0. The normalized spacial score (nSPS) is 13.4. The highest BCUT2D eigenvalue weighted by atomic mass is 31.2. The highest BCUT2D eigenvalue weighted by Crippen LogP contribution is 2.51. The largest absolute Gasteiger partial charge is 0.479 e. The minimum atomic E-state index is -3.86. The summed E-state index contributed by atoms with van der Waals surface area (Å²) in [5.41, 5.74) is 0.745. The van der Waals surface area contributed by atoms with Gasteiger partial charge in [0, 0.05) is 18.2 Å². The maximum Gasteiger partial charge on any atom is 0.468 e. The van der Waals surface area contributed by atoms with E-state index < -0.39 is 26.0 Å². The van der Waals surface area contributed by atoms with Gasteiger partial charge in [0.05, 0.1) is 0 Å². The predicted molar refractivity (Wildman–Crippen MR) is 178 cm³/mol. The molecule has 0 spiro atoms. The molecule has 0 aliphatic carbocycles. The third-order valence-electron chi connectivity index (χ3n) is 6.70. The molecule has 10 heteroatoms. The van der Waals surface area contributed by atoms with Gasteiger partial charge in [-0.05, 0) is 59.4 Å². The van der Waals surface area contributed by atoms with Crippen LogP contribution in [-0.2, 0) is 24.5 Å². The van der Waals surface area contributed by atoms with E-state index in [1.54, 1.807) is 72.8 Å². The molecule has 4 rings (SSSR count). The summed E-state index contributed by atoms with van der Waals surface area (Å²) >= 11 is 0. The van der Waals surface area contributed by atoms with Crippen molar-refractivity contribution in [2.45, 2.75) is 52.4 Å². The van der Waals surface area contributed by atoms with Crippen LogP contribution in [0.2, 0.25) is 0 Å². The Morgan fingerprint density at radius 2 is 0.822 bits per heavy atom. The summed E-state index contributed by atoms with van der Waals surface area (Å²) in [7, 11) is -6.18. The average molecular weight is 653 g/mol. The fourth-order valence-corrected chi connectivity index (χ4v) is 6.68. The maximum absolute atomic E-state index is 14.2. The fourth-order valence-electron chi connectivity index (χ4n) is 4.38. The second-order valence-electron chi connectivity index (χ2n) is 12.5. The number of para-hydroxylation sites is 3. The minimum Gasteiger partial charge on any atom is -0.479 e. The van der Waals surface area contributed by atoms with Gasteiger partial charge in [0.1, 0.15) is 28.7 Å². The Morgan fingerprint density at radius 3 is 1.13 bits per heavy atom. The first-order chi connectivity index (χ1) is 21.2. The van der Waals surface area contributed by atoms with Gasteiger partial charge in [0.25, 0.3) is 0 Å². The van der Waals surface area contributed by atoms with Crippen molar-refractivity contribution in [3.8, 4) is 28.7 Å². The van der Waals surface area contributed by atoms with Gasteiger partial charge < -0.3 is 27.6 Å². The van der Waals surface area contributed by atoms with Crippen LogP contribution in [0.25, 0.3) is 0 Å². The zero-order valence-corrected chi connectivity index (χ0v) is 28.7. The summed E-state index contributed by atoms with van der Waals surface area (Å²) < 4.78 is 63.1. The van der Waals surface area contributed by atoms with Crippen molar-refractivity contribution in [3.05, 3.63) is 114 Å². The quantitative estimate of drug-likeness (QED) is 0.132. The zero-order chi connectivity index (χ0) is 32.7. The molecule has 0 bridgehead atoms. The van der Waals surface area contributed by atoms with Gasteiger partial charge in [-0.2, -0.15) is 0 Å². The summed E-state index contributed by atoms with van der Waals surface area (Å²) in [6.07, 6.45) is -0.663. The Kier molecular flexibility index (Phi) is 10.8. The van der Waals surface area contributed by atoms with Crippen LogP contribution in [0.5, 0.6) is 28.7 Å². The van der Waals surface area contributed by atoms with Crippen LogP contribution in [0.15, 0.2) is 103 Å². The molecule has 0 aromatic heterocycles.